The summed E-state index contributed by atoms with van der Waals surface area (Å²) in [6.07, 6.45) is 0. The quantitative estimate of drug-likeness (QED) is 0.279. The average Bonchev–Trinajstić information content (AvgIpc) is 3.12. The fourth-order valence-electron chi connectivity index (χ4n) is 3.20. The predicted molar refractivity (Wildman–Crippen MR) is 104 cm³/mol. The number of thiophene rings is 1. The van der Waals surface area contributed by atoms with Crippen LogP contribution in [0.2, 0.25) is 0 Å². The van der Waals surface area contributed by atoms with Crippen molar-refractivity contribution in [2.45, 2.75) is 6.92 Å². The van der Waals surface area contributed by atoms with Crippen molar-refractivity contribution in [2.75, 3.05) is 0 Å². The van der Waals surface area contributed by atoms with Gasteiger partial charge in [0, 0.05) is 0 Å². The van der Waals surface area contributed by atoms with Gasteiger partial charge in [-0.2, -0.15) is 0 Å². The van der Waals surface area contributed by atoms with Crippen molar-refractivity contribution >= 4 is 61.4 Å². The monoisotopic (exact) mass is 428 g/mol. The molecule has 0 fully saturated rings. The van der Waals surface area contributed by atoms with E-state index in [0.29, 0.717) is 0 Å². The minimum absolute atomic E-state index is 0.274. The van der Waals surface area contributed by atoms with Crippen molar-refractivity contribution in [1.29, 1.82) is 0 Å². The van der Waals surface area contributed by atoms with E-state index in [2.05, 4.69) is 73.7 Å². The Hall–Kier alpha value is -1.59. The summed E-state index contributed by atoms with van der Waals surface area (Å²) >= 11 is 1.62. The summed E-state index contributed by atoms with van der Waals surface area (Å²) in [5.41, 5.74) is 1.40. The predicted octanol–water partition coefficient (Wildman–Crippen LogP) is 6.24. The van der Waals surface area contributed by atoms with Gasteiger partial charge in [-0.25, -0.2) is 0 Å². The van der Waals surface area contributed by atoms with Gasteiger partial charge in [-0.3, -0.25) is 0 Å². The van der Waals surface area contributed by atoms with Crippen LogP contribution >= 0.6 is 11.3 Å². The van der Waals surface area contributed by atoms with E-state index in [1.807, 2.05) is 11.3 Å². The van der Waals surface area contributed by atoms with Gasteiger partial charge in [-0.1, -0.05) is 0 Å². The van der Waals surface area contributed by atoms with E-state index in [-0.39, 0.29) is 20.4 Å². The first-order valence-corrected chi connectivity index (χ1v) is 10.8. The molecule has 2 heteroatoms. The summed E-state index contributed by atoms with van der Waals surface area (Å²) in [6.45, 7) is 2.19. The number of rotatable bonds is 1. The normalized spacial score (nSPS) is 11.7. The Balaban J connectivity index is 1.77. The Labute approximate surface area is 148 Å². The first kappa shape index (κ1) is 13.8. The molecule has 110 valence electrons. The SMILES string of the molecule is Cc1cc2cc3cc4[te]c(-c5ccccc5)cc4cc3cc2s1. The van der Waals surface area contributed by atoms with Crippen LogP contribution in [-0.4, -0.2) is 20.4 Å². The molecule has 0 aliphatic carbocycles. The molecule has 0 bridgehead atoms. The Morgan fingerprint density at radius 1 is 0.739 bits per heavy atom. The Kier molecular flexibility index (Phi) is 3.13. The Morgan fingerprint density at radius 2 is 1.52 bits per heavy atom. The van der Waals surface area contributed by atoms with Crippen molar-refractivity contribution in [3.8, 4) is 9.14 Å². The van der Waals surface area contributed by atoms with Gasteiger partial charge in [0.1, 0.15) is 0 Å². The maximum atomic E-state index is 2.44. The second-order valence-corrected chi connectivity index (χ2v) is 10.3. The molecule has 0 aliphatic heterocycles. The van der Waals surface area contributed by atoms with Gasteiger partial charge < -0.3 is 0 Å². The molecule has 0 unspecified atom stereocenters. The van der Waals surface area contributed by atoms with E-state index in [1.165, 1.54) is 36.7 Å². The summed E-state index contributed by atoms with van der Waals surface area (Å²) in [5, 5.41) is 5.58. The van der Waals surface area contributed by atoms with Crippen LogP contribution in [0.25, 0.3) is 38.8 Å². The van der Waals surface area contributed by atoms with Gasteiger partial charge in [0.05, 0.1) is 0 Å². The van der Waals surface area contributed by atoms with Crippen LogP contribution in [-0.2, 0) is 0 Å². The third kappa shape index (κ3) is 2.34. The molecule has 0 saturated carbocycles. The second kappa shape index (κ2) is 5.21. The van der Waals surface area contributed by atoms with Crippen molar-refractivity contribution in [3.63, 3.8) is 0 Å². The van der Waals surface area contributed by atoms with Crippen molar-refractivity contribution in [2.24, 2.45) is 0 Å². The van der Waals surface area contributed by atoms with E-state index in [0.717, 1.165) is 0 Å². The van der Waals surface area contributed by atoms with Crippen LogP contribution in [0, 0.1) is 6.92 Å². The van der Waals surface area contributed by atoms with Crippen molar-refractivity contribution in [1.82, 2.24) is 0 Å². The van der Waals surface area contributed by atoms with Crippen LogP contribution in [0.15, 0.2) is 66.7 Å². The van der Waals surface area contributed by atoms with E-state index in [9.17, 15) is 0 Å². The number of hydrogen-bond acceptors (Lipinski definition) is 1. The third-order valence-corrected chi connectivity index (χ3v) is 8.58. The molecule has 5 rings (SSSR count). The number of benzene rings is 3. The zero-order valence-corrected chi connectivity index (χ0v) is 15.8. The average molecular weight is 426 g/mol. The van der Waals surface area contributed by atoms with E-state index in [4.69, 9.17) is 0 Å². The van der Waals surface area contributed by atoms with Gasteiger partial charge in [-0.05, 0) is 0 Å². The van der Waals surface area contributed by atoms with Gasteiger partial charge in [0.25, 0.3) is 0 Å². The molecule has 2 heterocycles. The summed E-state index contributed by atoms with van der Waals surface area (Å²) in [6, 6.07) is 25.1. The second-order valence-electron chi connectivity index (χ2n) is 5.96. The summed E-state index contributed by atoms with van der Waals surface area (Å²) in [7, 11) is 0. The molecule has 0 amide bonds. The molecule has 0 radical (unpaired) electrons. The molecule has 3 aromatic carbocycles. The molecule has 0 atom stereocenters. The van der Waals surface area contributed by atoms with Crippen molar-refractivity contribution in [3.05, 3.63) is 71.6 Å². The fraction of sp³-hybridized carbons (Fsp3) is 0.0476. The molecule has 23 heavy (non-hydrogen) atoms. The van der Waals surface area contributed by atoms with Crippen LogP contribution in [0.1, 0.15) is 4.88 Å². The molecule has 0 saturated heterocycles. The van der Waals surface area contributed by atoms with Gasteiger partial charge in [0.2, 0.25) is 0 Å². The summed E-state index contributed by atoms with van der Waals surface area (Å²) < 4.78 is 4.53. The number of hydrogen-bond donors (Lipinski definition) is 0. The van der Waals surface area contributed by atoms with E-state index < -0.39 is 0 Å². The third-order valence-electron chi connectivity index (χ3n) is 4.29. The van der Waals surface area contributed by atoms with Crippen LogP contribution in [0.3, 0.4) is 0 Å². The molecule has 5 aromatic rings. The topological polar surface area (TPSA) is 0 Å². The van der Waals surface area contributed by atoms with E-state index >= 15 is 0 Å². The van der Waals surface area contributed by atoms with Gasteiger partial charge in [-0.15, -0.1) is 0 Å². The van der Waals surface area contributed by atoms with Crippen molar-refractivity contribution < 1.29 is 0 Å². The summed E-state index contributed by atoms with van der Waals surface area (Å²) in [5.74, 6) is 0. The Bertz CT molecular complexity index is 1090. The fourth-order valence-corrected chi connectivity index (χ4v) is 7.29. The molecule has 0 spiro atoms. The molecular formula is C21H14STe. The first-order valence-electron chi connectivity index (χ1n) is 7.69. The van der Waals surface area contributed by atoms with Crippen LogP contribution in [0.4, 0.5) is 0 Å². The first-order chi connectivity index (χ1) is 11.3. The molecule has 0 N–H and O–H groups in total. The summed E-state index contributed by atoms with van der Waals surface area (Å²) in [4.78, 5) is 1.39. The van der Waals surface area contributed by atoms with E-state index in [1.54, 1.807) is 6.98 Å². The van der Waals surface area contributed by atoms with Crippen LogP contribution in [0.5, 0.6) is 0 Å². The molecule has 0 nitrogen and oxygen atoms in total. The maximum absolute atomic E-state index is 2.44. The zero-order valence-electron chi connectivity index (χ0n) is 12.7. The van der Waals surface area contributed by atoms with Gasteiger partial charge in [0.15, 0.2) is 0 Å². The molecule has 2 aromatic heterocycles. The standard InChI is InChI=1S/C21H14STe/c1-13-7-17-8-16-11-21-18(9-15(16)10-19(17)22-13)12-20(23-21)14-5-3-2-4-6-14/h2-12H,1H3. The zero-order chi connectivity index (χ0) is 15.4. The minimum atomic E-state index is -0.274. The number of aryl methyl sites for hydroxylation is 1. The van der Waals surface area contributed by atoms with Gasteiger partial charge >= 0.3 is 149 Å². The molecular weight excluding hydrogens is 412 g/mol. The Morgan fingerprint density at radius 3 is 2.39 bits per heavy atom. The number of fused-ring (bicyclic) bond motifs is 3. The molecule has 0 aliphatic rings. The van der Waals surface area contributed by atoms with Crippen LogP contribution < -0.4 is 0 Å².